The molecule has 1 unspecified atom stereocenters. The number of nitrogens with zero attached hydrogens (tertiary/aromatic N) is 1. The molecule has 2 heterocycles. The van der Waals surface area contributed by atoms with Crippen LogP contribution < -0.4 is 9.64 Å². The molecule has 1 aliphatic heterocycles. The Kier molecular flexibility index (Phi) is 9.69. The molecule has 47 heavy (non-hydrogen) atoms. The van der Waals surface area contributed by atoms with Crippen LogP contribution in [-0.2, 0) is 28.8 Å². The fraction of sp³-hybridized carbons (Fsp3) is 0.421. The third-order valence-electron chi connectivity index (χ3n) is 8.07. The average molecular weight is 677 g/mol. The summed E-state index contributed by atoms with van der Waals surface area (Å²) in [6.07, 6.45) is 0.654. The molecule has 3 aromatic carbocycles. The van der Waals surface area contributed by atoms with Crippen molar-refractivity contribution in [2.24, 2.45) is 5.41 Å². The zero-order valence-electron chi connectivity index (χ0n) is 28.4. The Hall–Kier alpha value is -3.62. The molecule has 2 atom stereocenters. The lowest BCUT2D eigenvalue weighted by Gasteiger charge is -2.34. The second-order valence-corrected chi connectivity index (χ2v) is 17.2. The minimum atomic E-state index is -0.945. The number of nitrogens with one attached hydrogen (secondary N) is 1. The third kappa shape index (κ3) is 8.28. The molecule has 1 aromatic heterocycles. The molecule has 0 spiro atoms. The first-order chi connectivity index (χ1) is 21.9. The lowest BCUT2D eigenvalue weighted by molar-refractivity contribution is -0.146. The highest BCUT2D eigenvalue weighted by atomic mass is 35.5. The first-order valence-electron chi connectivity index (χ1n) is 16.0. The van der Waals surface area contributed by atoms with Crippen LogP contribution in [0.25, 0.3) is 10.9 Å². The van der Waals surface area contributed by atoms with Gasteiger partial charge in [0.15, 0.2) is 0 Å². The lowest BCUT2D eigenvalue weighted by atomic mass is 9.88. The van der Waals surface area contributed by atoms with E-state index in [2.05, 4.69) is 25.8 Å². The Morgan fingerprint density at radius 3 is 2.32 bits per heavy atom. The smallest absolute Gasteiger partial charge is 0.415 e. The van der Waals surface area contributed by atoms with Gasteiger partial charge in [-0.3, -0.25) is 9.69 Å². The predicted octanol–water partition coefficient (Wildman–Crippen LogP) is 9.72. The molecule has 1 aliphatic rings. The van der Waals surface area contributed by atoms with Crippen LogP contribution in [0.4, 0.5) is 10.5 Å². The van der Waals surface area contributed by atoms with Gasteiger partial charge in [0.1, 0.15) is 17.5 Å². The van der Waals surface area contributed by atoms with E-state index in [0.29, 0.717) is 30.0 Å². The van der Waals surface area contributed by atoms with Gasteiger partial charge in [0.25, 0.3) is 0 Å². The number of hydrogen-bond acceptors (Lipinski definition) is 5. The van der Waals surface area contributed by atoms with Crippen LogP contribution in [0.1, 0.15) is 72.2 Å². The summed E-state index contributed by atoms with van der Waals surface area (Å²) in [4.78, 5) is 32.1. The number of thioether (sulfide) groups is 1. The highest BCUT2D eigenvalue weighted by Gasteiger charge is 2.42. The van der Waals surface area contributed by atoms with Crippen LogP contribution in [0.2, 0.25) is 5.02 Å². The van der Waals surface area contributed by atoms with Gasteiger partial charge in [-0.05, 0) is 88.6 Å². The third-order valence-corrected chi connectivity index (χ3v) is 9.60. The van der Waals surface area contributed by atoms with Crippen molar-refractivity contribution in [1.29, 1.82) is 0 Å². The van der Waals surface area contributed by atoms with Gasteiger partial charge in [0, 0.05) is 44.1 Å². The normalized spacial score (nSPS) is 15.9. The van der Waals surface area contributed by atoms with E-state index in [1.807, 2.05) is 87.5 Å². The number of rotatable bonds is 9. The number of anilines is 1. The van der Waals surface area contributed by atoms with Gasteiger partial charge in [-0.15, -0.1) is 11.8 Å². The molecular formula is C38H45ClN2O5S. The number of para-hydroxylation sites is 1. The summed E-state index contributed by atoms with van der Waals surface area (Å²) >= 11 is 7.94. The zero-order valence-corrected chi connectivity index (χ0v) is 30.0. The van der Waals surface area contributed by atoms with Crippen molar-refractivity contribution in [1.82, 2.24) is 4.98 Å². The molecule has 0 aliphatic carbocycles. The van der Waals surface area contributed by atoms with Crippen LogP contribution in [0.15, 0.2) is 71.6 Å². The minimum Gasteiger partial charge on any atom is -0.488 e. The van der Waals surface area contributed by atoms with Gasteiger partial charge in [0.05, 0.1) is 17.1 Å². The number of fused-ring (bicyclic) bond motifs is 2. The van der Waals surface area contributed by atoms with E-state index < -0.39 is 29.2 Å². The summed E-state index contributed by atoms with van der Waals surface area (Å²) in [7, 11) is 0. The van der Waals surface area contributed by atoms with Crippen LogP contribution in [-0.4, -0.2) is 44.6 Å². The van der Waals surface area contributed by atoms with Crippen molar-refractivity contribution in [2.75, 3.05) is 4.90 Å². The number of benzene rings is 3. The van der Waals surface area contributed by atoms with Gasteiger partial charge in [-0.2, -0.15) is 0 Å². The fourth-order valence-corrected chi connectivity index (χ4v) is 7.14. The molecule has 1 amide bonds. The van der Waals surface area contributed by atoms with Crippen LogP contribution in [0.3, 0.4) is 0 Å². The van der Waals surface area contributed by atoms with E-state index in [9.17, 15) is 14.7 Å². The van der Waals surface area contributed by atoms with Gasteiger partial charge >= 0.3 is 12.1 Å². The van der Waals surface area contributed by atoms with Gasteiger partial charge in [-0.1, -0.05) is 62.7 Å². The number of halogens is 1. The number of aromatic nitrogens is 1. The molecule has 0 saturated carbocycles. The first kappa shape index (κ1) is 34.7. The maximum Gasteiger partial charge on any atom is 0.415 e. The standard InChI is InChI=1S/C38H45ClN2O5S/c1-36(2,3)46-35(44)41-30-12-10-9-11-24(30)20-31(41)32(19-23-13-15-25(39)16-14-23)45-26-17-18-28-27(21-26)33(47-37(4,5)6)29(40-28)22-38(7,8)34(42)43/h9-18,21,31-32,40H,19-20,22H2,1-8H3,(H,42,43)/t31-,32?/m0/s1. The molecule has 7 nitrogen and oxygen atoms in total. The summed E-state index contributed by atoms with van der Waals surface area (Å²) in [5.41, 5.74) is 3.11. The molecule has 0 radical (unpaired) electrons. The molecule has 0 fully saturated rings. The molecular weight excluding hydrogens is 632 g/mol. The quantitative estimate of drug-likeness (QED) is 0.172. The van der Waals surface area contributed by atoms with Crippen LogP contribution in [0.5, 0.6) is 5.75 Å². The number of aromatic amines is 1. The highest BCUT2D eigenvalue weighted by Crippen LogP contribution is 2.43. The number of hydrogen-bond donors (Lipinski definition) is 2. The summed E-state index contributed by atoms with van der Waals surface area (Å²) in [6, 6.07) is 21.3. The lowest BCUT2D eigenvalue weighted by Crippen LogP contribution is -2.50. The SMILES string of the molecule is CC(C)(C)OC(=O)N1c2ccccc2C[C@H]1C(Cc1ccc(Cl)cc1)Oc1ccc2[nH]c(CC(C)(C)C(=O)O)c(SC(C)(C)C)c2c1. The Morgan fingerprint density at radius 1 is 1.00 bits per heavy atom. The molecule has 4 aromatic rings. The monoisotopic (exact) mass is 676 g/mol. The van der Waals surface area contributed by atoms with E-state index in [-0.39, 0.29) is 10.8 Å². The number of carbonyl (C=O) groups excluding carboxylic acids is 1. The Balaban J connectivity index is 1.57. The van der Waals surface area contributed by atoms with Gasteiger partial charge in [0.2, 0.25) is 0 Å². The summed E-state index contributed by atoms with van der Waals surface area (Å²) < 4.78 is 12.7. The maximum atomic E-state index is 13.8. The maximum absolute atomic E-state index is 13.8. The van der Waals surface area contributed by atoms with E-state index >= 15 is 0 Å². The van der Waals surface area contributed by atoms with Crippen LogP contribution in [0, 0.1) is 5.41 Å². The number of amides is 1. The molecule has 0 saturated heterocycles. The van der Waals surface area contributed by atoms with Crippen molar-refractivity contribution in [3.8, 4) is 5.75 Å². The molecule has 0 bridgehead atoms. The number of carbonyl (C=O) groups is 2. The molecule has 9 heteroatoms. The van der Waals surface area contributed by atoms with Crippen LogP contribution >= 0.6 is 23.4 Å². The van der Waals surface area contributed by atoms with Crippen molar-refractivity contribution in [2.45, 2.75) is 102 Å². The minimum absolute atomic E-state index is 0.116. The summed E-state index contributed by atoms with van der Waals surface area (Å²) in [5, 5.41) is 11.5. The van der Waals surface area contributed by atoms with Crippen molar-refractivity contribution >= 4 is 52.0 Å². The van der Waals surface area contributed by atoms with Crippen molar-refractivity contribution in [3.63, 3.8) is 0 Å². The Bertz CT molecular complexity index is 1770. The van der Waals surface area contributed by atoms with E-state index in [1.54, 1.807) is 30.5 Å². The molecule has 5 rings (SSSR count). The highest BCUT2D eigenvalue weighted by molar-refractivity contribution is 8.00. The fourth-order valence-electron chi connectivity index (χ4n) is 5.88. The number of H-pyrrole nitrogens is 1. The van der Waals surface area contributed by atoms with E-state index in [4.69, 9.17) is 21.1 Å². The molecule has 250 valence electrons. The first-order valence-corrected chi connectivity index (χ1v) is 17.2. The second-order valence-electron chi connectivity index (χ2n) is 15.0. The number of carboxylic acid groups (broad SMARTS) is 1. The van der Waals surface area contributed by atoms with Gasteiger partial charge in [-0.25, -0.2) is 4.79 Å². The van der Waals surface area contributed by atoms with E-state index in [0.717, 1.165) is 38.3 Å². The second kappa shape index (κ2) is 13.1. The topological polar surface area (TPSA) is 91.9 Å². The molecule has 2 N–H and O–H groups in total. The van der Waals surface area contributed by atoms with Crippen molar-refractivity contribution in [3.05, 3.63) is 88.6 Å². The number of aliphatic carboxylic acids is 1. The largest absolute Gasteiger partial charge is 0.488 e. The Labute approximate surface area is 287 Å². The number of carboxylic acids is 1. The van der Waals surface area contributed by atoms with E-state index in [1.165, 1.54) is 0 Å². The number of ether oxygens (including phenoxy) is 2. The van der Waals surface area contributed by atoms with Gasteiger partial charge < -0.3 is 19.6 Å². The van der Waals surface area contributed by atoms with Crippen molar-refractivity contribution < 1.29 is 24.2 Å². The average Bonchev–Trinajstić information content (AvgIpc) is 3.50. The summed E-state index contributed by atoms with van der Waals surface area (Å²) in [6.45, 7) is 15.5. The Morgan fingerprint density at radius 2 is 1.68 bits per heavy atom. The zero-order chi connectivity index (χ0) is 34.3. The predicted molar refractivity (Wildman–Crippen MR) is 191 cm³/mol. The summed E-state index contributed by atoms with van der Waals surface area (Å²) in [5.74, 6) is -0.181.